The van der Waals surface area contributed by atoms with Gasteiger partial charge in [0.05, 0.1) is 6.54 Å². The molecule has 1 amide bonds. The summed E-state index contributed by atoms with van der Waals surface area (Å²) in [6, 6.07) is -0.334. The molecule has 1 aliphatic rings. The summed E-state index contributed by atoms with van der Waals surface area (Å²) in [6.45, 7) is 6.69. The quantitative estimate of drug-likeness (QED) is 0.767. The van der Waals surface area contributed by atoms with Crippen LogP contribution in [-0.4, -0.2) is 47.1 Å². The van der Waals surface area contributed by atoms with Crippen LogP contribution in [0.2, 0.25) is 0 Å². The summed E-state index contributed by atoms with van der Waals surface area (Å²) in [6.07, 6.45) is 4.27. The van der Waals surface area contributed by atoms with Crippen LogP contribution in [0.15, 0.2) is 0 Å². The van der Waals surface area contributed by atoms with Gasteiger partial charge in [0.1, 0.15) is 6.04 Å². The predicted octanol–water partition coefficient (Wildman–Crippen LogP) is 1.48. The van der Waals surface area contributed by atoms with E-state index in [2.05, 4.69) is 12.2 Å². The van der Waals surface area contributed by atoms with Crippen molar-refractivity contribution in [3.63, 3.8) is 0 Å². The number of nitrogens with one attached hydrogen (secondary N) is 1. The summed E-state index contributed by atoms with van der Waals surface area (Å²) in [5.41, 5.74) is 0. The van der Waals surface area contributed by atoms with Crippen LogP contribution in [0.1, 0.15) is 46.5 Å². The Kier molecular flexibility index (Phi) is 6.28. The van der Waals surface area contributed by atoms with Gasteiger partial charge in [0.15, 0.2) is 0 Å². The molecule has 1 saturated heterocycles. The highest BCUT2D eigenvalue weighted by Gasteiger charge is 2.27. The predicted molar refractivity (Wildman–Crippen MR) is 73.9 cm³/mol. The molecule has 2 unspecified atom stereocenters. The van der Waals surface area contributed by atoms with E-state index in [1.807, 2.05) is 18.7 Å². The lowest BCUT2D eigenvalue weighted by Gasteiger charge is -2.35. The number of hydrogen-bond donors (Lipinski definition) is 2. The molecule has 0 aliphatic carbocycles. The van der Waals surface area contributed by atoms with Crippen LogP contribution in [0.25, 0.3) is 0 Å². The highest BCUT2D eigenvalue weighted by molar-refractivity contribution is 5.80. The van der Waals surface area contributed by atoms with Gasteiger partial charge in [-0.1, -0.05) is 20.8 Å². The Morgan fingerprint density at radius 2 is 2.05 bits per heavy atom. The Morgan fingerprint density at radius 3 is 2.58 bits per heavy atom. The van der Waals surface area contributed by atoms with Crippen LogP contribution in [0.4, 0.5) is 0 Å². The Morgan fingerprint density at radius 1 is 1.37 bits per heavy atom. The molecule has 19 heavy (non-hydrogen) atoms. The van der Waals surface area contributed by atoms with E-state index in [4.69, 9.17) is 5.11 Å². The van der Waals surface area contributed by atoms with Gasteiger partial charge in [0.2, 0.25) is 5.91 Å². The van der Waals surface area contributed by atoms with Crippen molar-refractivity contribution < 1.29 is 14.7 Å². The standard InChI is InChI=1S/C14H26N2O3/c1-4-11-7-5-6-8-16(11)12(17)9-15-13(10(2)3)14(18)19/h10-11,13,15H,4-9H2,1-3H3,(H,18,19). The molecule has 0 bridgehead atoms. The number of aliphatic carboxylic acids is 1. The fourth-order valence-electron chi connectivity index (χ4n) is 2.66. The number of carbonyl (C=O) groups excluding carboxylic acids is 1. The van der Waals surface area contributed by atoms with Gasteiger partial charge in [-0.15, -0.1) is 0 Å². The molecule has 1 rings (SSSR count). The van der Waals surface area contributed by atoms with Crippen LogP contribution in [0.5, 0.6) is 0 Å². The van der Waals surface area contributed by atoms with Gasteiger partial charge in [-0.3, -0.25) is 14.9 Å². The normalized spacial score (nSPS) is 21.5. The second-order valence-electron chi connectivity index (χ2n) is 5.59. The van der Waals surface area contributed by atoms with Crippen LogP contribution >= 0.6 is 0 Å². The van der Waals surface area contributed by atoms with E-state index in [9.17, 15) is 9.59 Å². The van der Waals surface area contributed by atoms with E-state index in [0.717, 1.165) is 25.8 Å². The first-order valence-corrected chi connectivity index (χ1v) is 7.23. The molecule has 0 aromatic rings. The zero-order chi connectivity index (χ0) is 14.4. The molecule has 0 radical (unpaired) electrons. The SMILES string of the molecule is CCC1CCCCN1C(=O)CNC(C(=O)O)C(C)C. The first-order chi connectivity index (χ1) is 8.97. The van der Waals surface area contributed by atoms with Crippen molar-refractivity contribution in [2.45, 2.75) is 58.5 Å². The zero-order valence-electron chi connectivity index (χ0n) is 12.2. The molecular formula is C14H26N2O3. The van der Waals surface area contributed by atoms with E-state index in [0.29, 0.717) is 6.04 Å². The molecule has 2 N–H and O–H groups in total. The Labute approximate surface area is 115 Å². The van der Waals surface area contributed by atoms with E-state index in [1.165, 1.54) is 6.42 Å². The first-order valence-electron chi connectivity index (χ1n) is 7.23. The van der Waals surface area contributed by atoms with Crippen molar-refractivity contribution in [3.05, 3.63) is 0 Å². The van der Waals surface area contributed by atoms with Crippen molar-refractivity contribution in [1.29, 1.82) is 0 Å². The second-order valence-corrected chi connectivity index (χ2v) is 5.59. The maximum atomic E-state index is 12.2. The second kappa shape index (κ2) is 7.48. The largest absolute Gasteiger partial charge is 0.480 e. The third kappa shape index (κ3) is 4.49. The molecule has 0 spiro atoms. The molecule has 2 atom stereocenters. The van der Waals surface area contributed by atoms with Crippen LogP contribution in [0.3, 0.4) is 0 Å². The van der Waals surface area contributed by atoms with Gasteiger partial charge in [-0.2, -0.15) is 0 Å². The third-order valence-electron chi connectivity index (χ3n) is 3.82. The van der Waals surface area contributed by atoms with E-state index < -0.39 is 12.0 Å². The summed E-state index contributed by atoms with van der Waals surface area (Å²) in [5.74, 6) is -0.902. The average Bonchev–Trinajstić information content (AvgIpc) is 2.37. The summed E-state index contributed by atoms with van der Waals surface area (Å²) in [7, 11) is 0. The highest BCUT2D eigenvalue weighted by Crippen LogP contribution is 2.19. The Balaban J connectivity index is 2.51. The Hall–Kier alpha value is -1.10. The molecule has 1 aliphatic heterocycles. The third-order valence-corrected chi connectivity index (χ3v) is 3.82. The summed E-state index contributed by atoms with van der Waals surface area (Å²) >= 11 is 0. The summed E-state index contributed by atoms with van der Waals surface area (Å²) < 4.78 is 0. The van der Waals surface area contributed by atoms with Crippen LogP contribution in [0, 0.1) is 5.92 Å². The molecule has 5 heteroatoms. The van der Waals surface area contributed by atoms with Gasteiger partial charge >= 0.3 is 5.97 Å². The Bertz CT molecular complexity index is 318. The van der Waals surface area contributed by atoms with Crippen molar-refractivity contribution in [2.75, 3.05) is 13.1 Å². The fourth-order valence-corrected chi connectivity index (χ4v) is 2.66. The lowest BCUT2D eigenvalue weighted by atomic mass is 10.00. The van der Waals surface area contributed by atoms with E-state index in [-0.39, 0.29) is 18.4 Å². The molecule has 0 saturated carbocycles. The maximum Gasteiger partial charge on any atom is 0.320 e. The summed E-state index contributed by atoms with van der Waals surface area (Å²) in [4.78, 5) is 25.2. The average molecular weight is 270 g/mol. The lowest BCUT2D eigenvalue weighted by molar-refractivity contribution is -0.141. The van der Waals surface area contributed by atoms with Crippen molar-refractivity contribution >= 4 is 11.9 Å². The summed E-state index contributed by atoms with van der Waals surface area (Å²) in [5, 5.41) is 11.9. The van der Waals surface area contributed by atoms with Gasteiger partial charge in [-0.25, -0.2) is 0 Å². The maximum absolute atomic E-state index is 12.2. The number of carboxylic acids is 1. The van der Waals surface area contributed by atoms with Crippen LogP contribution < -0.4 is 5.32 Å². The minimum absolute atomic E-state index is 0.0263. The molecule has 1 fully saturated rings. The minimum Gasteiger partial charge on any atom is -0.480 e. The number of carboxylic acid groups (broad SMARTS) is 1. The lowest BCUT2D eigenvalue weighted by Crippen LogP contribution is -2.50. The van der Waals surface area contributed by atoms with Gasteiger partial charge in [-0.05, 0) is 31.6 Å². The zero-order valence-corrected chi connectivity index (χ0v) is 12.2. The fraction of sp³-hybridized carbons (Fsp3) is 0.857. The molecule has 5 nitrogen and oxygen atoms in total. The molecule has 0 aromatic heterocycles. The van der Waals surface area contributed by atoms with E-state index in [1.54, 1.807) is 0 Å². The van der Waals surface area contributed by atoms with Crippen molar-refractivity contribution in [1.82, 2.24) is 10.2 Å². The number of hydrogen-bond acceptors (Lipinski definition) is 3. The molecule has 1 heterocycles. The van der Waals surface area contributed by atoms with Gasteiger partial charge < -0.3 is 10.0 Å². The monoisotopic (exact) mass is 270 g/mol. The van der Waals surface area contributed by atoms with Crippen molar-refractivity contribution in [3.8, 4) is 0 Å². The highest BCUT2D eigenvalue weighted by atomic mass is 16.4. The number of carbonyl (C=O) groups is 2. The van der Waals surface area contributed by atoms with Gasteiger partial charge in [0.25, 0.3) is 0 Å². The van der Waals surface area contributed by atoms with E-state index >= 15 is 0 Å². The van der Waals surface area contributed by atoms with Crippen molar-refractivity contribution in [2.24, 2.45) is 5.92 Å². The topological polar surface area (TPSA) is 69.6 Å². The number of likely N-dealkylation sites (tertiary alicyclic amines) is 1. The van der Waals surface area contributed by atoms with Crippen LogP contribution in [-0.2, 0) is 9.59 Å². The van der Waals surface area contributed by atoms with Gasteiger partial charge in [0, 0.05) is 12.6 Å². The minimum atomic E-state index is -0.895. The molecular weight excluding hydrogens is 244 g/mol. The number of rotatable bonds is 6. The first kappa shape index (κ1) is 16.0. The number of amides is 1. The number of piperidine rings is 1. The number of nitrogens with zero attached hydrogens (tertiary/aromatic N) is 1. The molecule has 0 aromatic carbocycles. The molecule has 110 valence electrons. The smallest absolute Gasteiger partial charge is 0.320 e.